The van der Waals surface area contributed by atoms with Crippen LogP contribution in [0.2, 0.25) is 0 Å². The fourth-order valence-electron chi connectivity index (χ4n) is 1.94. The minimum Gasteiger partial charge on any atom is -0.330 e. The molecule has 4 nitrogen and oxygen atoms in total. The van der Waals surface area contributed by atoms with Crippen LogP contribution in [0.15, 0.2) is 24.3 Å². The molecule has 0 bridgehead atoms. The molecule has 1 aromatic carbocycles. The maximum atomic E-state index is 12.9. The molecule has 0 unspecified atom stereocenters. The lowest BCUT2D eigenvalue weighted by atomic mass is 10.3. The Kier molecular flexibility index (Phi) is 4.42. The van der Waals surface area contributed by atoms with Gasteiger partial charge in [0.25, 0.3) is 0 Å². The van der Waals surface area contributed by atoms with Crippen molar-refractivity contribution < 1.29 is 12.8 Å². The van der Waals surface area contributed by atoms with Crippen molar-refractivity contribution in [2.75, 3.05) is 23.1 Å². The van der Waals surface area contributed by atoms with Gasteiger partial charge in [0.1, 0.15) is 5.82 Å². The van der Waals surface area contributed by atoms with E-state index in [2.05, 4.69) is 0 Å². The summed E-state index contributed by atoms with van der Waals surface area (Å²) in [5.41, 5.74) is 5.96. The van der Waals surface area contributed by atoms with Crippen LogP contribution >= 0.6 is 0 Å². The predicted octanol–water partition coefficient (Wildman–Crippen LogP) is 1.72. The molecule has 0 aliphatic heterocycles. The van der Waals surface area contributed by atoms with Gasteiger partial charge in [0.05, 0.1) is 11.4 Å². The van der Waals surface area contributed by atoms with Crippen molar-refractivity contribution in [2.45, 2.75) is 19.3 Å². The number of anilines is 1. The smallest absolute Gasteiger partial charge is 0.235 e. The standard InChI is InChI=1S/C13H19FN2O2S/c14-12-4-6-13(7-5-12)16(9-1-8-15)19(17,18)10-11-2-3-11/h4-7,11H,1-3,8-10,15H2. The van der Waals surface area contributed by atoms with Crippen LogP contribution in [0.4, 0.5) is 10.1 Å². The molecule has 1 fully saturated rings. The lowest BCUT2D eigenvalue weighted by molar-refractivity contribution is 0.585. The molecular weight excluding hydrogens is 267 g/mol. The summed E-state index contributed by atoms with van der Waals surface area (Å²) in [6.45, 7) is 0.772. The first-order valence-electron chi connectivity index (χ1n) is 6.49. The van der Waals surface area contributed by atoms with Gasteiger partial charge in [-0.15, -0.1) is 0 Å². The molecule has 0 saturated heterocycles. The van der Waals surface area contributed by atoms with E-state index in [1.165, 1.54) is 28.6 Å². The quantitative estimate of drug-likeness (QED) is 0.830. The van der Waals surface area contributed by atoms with Crippen LogP contribution in [0.5, 0.6) is 0 Å². The molecule has 0 spiro atoms. The van der Waals surface area contributed by atoms with Gasteiger partial charge in [-0.1, -0.05) is 0 Å². The topological polar surface area (TPSA) is 63.4 Å². The van der Waals surface area contributed by atoms with Crippen molar-refractivity contribution in [1.29, 1.82) is 0 Å². The Labute approximate surface area is 113 Å². The summed E-state index contributed by atoms with van der Waals surface area (Å²) in [6, 6.07) is 5.54. The largest absolute Gasteiger partial charge is 0.330 e. The summed E-state index contributed by atoms with van der Waals surface area (Å²) in [5, 5.41) is 0. The summed E-state index contributed by atoms with van der Waals surface area (Å²) >= 11 is 0. The van der Waals surface area contributed by atoms with E-state index < -0.39 is 10.0 Å². The Morgan fingerprint density at radius 2 is 1.89 bits per heavy atom. The normalized spacial score (nSPS) is 15.5. The number of sulfonamides is 1. The average Bonchev–Trinajstić information content (AvgIpc) is 3.15. The fourth-order valence-corrected chi connectivity index (χ4v) is 3.90. The van der Waals surface area contributed by atoms with Crippen LogP contribution in [0.1, 0.15) is 19.3 Å². The predicted molar refractivity (Wildman–Crippen MR) is 73.9 cm³/mol. The zero-order valence-electron chi connectivity index (χ0n) is 10.8. The summed E-state index contributed by atoms with van der Waals surface area (Å²) in [5.74, 6) is 0.0857. The van der Waals surface area contributed by atoms with Crippen molar-refractivity contribution in [3.8, 4) is 0 Å². The fraction of sp³-hybridized carbons (Fsp3) is 0.538. The van der Waals surface area contributed by atoms with Gasteiger partial charge < -0.3 is 5.73 Å². The van der Waals surface area contributed by atoms with Gasteiger partial charge in [-0.3, -0.25) is 4.31 Å². The highest BCUT2D eigenvalue weighted by Crippen LogP contribution is 2.32. The van der Waals surface area contributed by atoms with E-state index in [9.17, 15) is 12.8 Å². The summed E-state index contributed by atoms with van der Waals surface area (Å²) in [7, 11) is -3.34. The molecule has 0 aromatic heterocycles. The van der Waals surface area contributed by atoms with E-state index in [1.807, 2.05) is 0 Å². The van der Waals surface area contributed by atoms with Gasteiger partial charge in [0.2, 0.25) is 10.0 Å². The van der Waals surface area contributed by atoms with Crippen LogP contribution in [0, 0.1) is 11.7 Å². The number of nitrogens with two attached hydrogens (primary N) is 1. The second kappa shape index (κ2) is 5.88. The summed E-state index contributed by atoms with van der Waals surface area (Å²) in [6.07, 6.45) is 2.54. The second-order valence-corrected chi connectivity index (χ2v) is 6.85. The minimum atomic E-state index is -3.34. The number of nitrogens with zero attached hydrogens (tertiary/aromatic N) is 1. The molecule has 2 rings (SSSR count). The van der Waals surface area contributed by atoms with Gasteiger partial charge >= 0.3 is 0 Å². The third kappa shape index (κ3) is 3.91. The van der Waals surface area contributed by atoms with E-state index in [0.717, 1.165) is 12.8 Å². The lowest BCUT2D eigenvalue weighted by Crippen LogP contribution is -2.35. The van der Waals surface area contributed by atoms with E-state index in [1.54, 1.807) is 0 Å². The third-order valence-corrected chi connectivity index (χ3v) is 5.12. The SMILES string of the molecule is NCCCN(c1ccc(F)cc1)S(=O)(=O)CC1CC1. The first-order chi connectivity index (χ1) is 9.03. The third-order valence-electron chi connectivity index (χ3n) is 3.16. The lowest BCUT2D eigenvalue weighted by Gasteiger charge is -2.24. The van der Waals surface area contributed by atoms with E-state index in [4.69, 9.17) is 5.73 Å². The molecule has 0 atom stereocenters. The van der Waals surface area contributed by atoms with Crippen molar-refractivity contribution in [2.24, 2.45) is 11.7 Å². The van der Waals surface area contributed by atoms with Gasteiger partial charge in [-0.25, -0.2) is 12.8 Å². The molecule has 1 aliphatic carbocycles. The first kappa shape index (κ1) is 14.3. The van der Waals surface area contributed by atoms with Crippen molar-refractivity contribution in [3.05, 3.63) is 30.1 Å². The number of hydrogen-bond acceptors (Lipinski definition) is 3. The Morgan fingerprint density at radius 1 is 1.26 bits per heavy atom. The number of rotatable bonds is 7. The maximum Gasteiger partial charge on any atom is 0.235 e. The van der Waals surface area contributed by atoms with Crippen LogP contribution in [0.25, 0.3) is 0 Å². The van der Waals surface area contributed by atoms with E-state index >= 15 is 0 Å². The number of halogens is 1. The Balaban J connectivity index is 2.21. The first-order valence-corrected chi connectivity index (χ1v) is 8.10. The summed E-state index contributed by atoms with van der Waals surface area (Å²) < 4.78 is 39.0. The molecule has 1 aromatic rings. The Morgan fingerprint density at radius 3 is 2.42 bits per heavy atom. The average molecular weight is 286 g/mol. The molecule has 2 N–H and O–H groups in total. The highest BCUT2D eigenvalue weighted by atomic mass is 32.2. The molecule has 19 heavy (non-hydrogen) atoms. The molecule has 0 heterocycles. The van der Waals surface area contributed by atoms with Crippen molar-refractivity contribution in [3.63, 3.8) is 0 Å². The molecule has 106 valence electrons. The Hall–Kier alpha value is -1.14. The second-order valence-electron chi connectivity index (χ2n) is 4.91. The van der Waals surface area contributed by atoms with Gasteiger partial charge in [0.15, 0.2) is 0 Å². The molecule has 1 saturated carbocycles. The zero-order valence-corrected chi connectivity index (χ0v) is 11.6. The van der Waals surface area contributed by atoms with Crippen molar-refractivity contribution >= 4 is 15.7 Å². The highest BCUT2D eigenvalue weighted by molar-refractivity contribution is 7.92. The van der Waals surface area contributed by atoms with Crippen LogP contribution in [-0.2, 0) is 10.0 Å². The minimum absolute atomic E-state index is 0.176. The molecule has 0 radical (unpaired) electrons. The van der Waals surface area contributed by atoms with Gasteiger partial charge in [-0.05, 0) is 56.0 Å². The zero-order chi connectivity index (χ0) is 13.9. The number of hydrogen-bond donors (Lipinski definition) is 1. The van der Waals surface area contributed by atoms with Crippen LogP contribution in [0.3, 0.4) is 0 Å². The van der Waals surface area contributed by atoms with Crippen LogP contribution < -0.4 is 10.0 Å². The number of benzene rings is 1. The highest BCUT2D eigenvalue weighted by Gasteiger charge is 2.31. The summed E-state index contributed by atoms with van der Waals surface area (Å²) in [4.78, 5) is 0. The van der Waals surface area contributed by atoms with E-state index in [0.29, 0.717) is 25.2 Å². The Bertz CT molecular complexity index is 512. The molecule has 1 aliphatic rings. The van der Waals surface area contributed by atoms with Crippen LogP contribution in [-0.4, -0.2) is 27.3 Å². The maximum absolute atomic E-state index is 12.9. The van der Waals surface area contributed by atoms with Gasteiger partial charge in [-0.2, -0.15) is 0 Å². The monoisotopic (exact) mass is 286 g/mol. The molecule has 0 amide bonds. The van der Waals surface area contributed by atoms with Gasteiger partial charge in [0, 0.05) is 6.54 Å². The molecular formula is C13H19FN2O2S. The molecule has 6 heteroatoms. The van der Waals surface area contributed by atoms with E-state index in [-0.39, 0.29) is 17.5 Å². The van der Waals surface area contributed by atoms with Crippen molar-refractivity contribution in [1.82, 2.24) is 0 Å².